The molecule has 2 aliphatic heterocycles. The van der Waals surface area contributed by atoms with E-state index in [2.05, 4.69) is 36.2 Å². The number of carbonyl (C=O) groups is 2. The van der Waals surface area contributed by atoms with E-state index in [1.807, 2.05) is 56.5 Å². The van der Waals surface area contributed by atoms with Gasteiger partial charge in [-0.05, 0) is 30.7 Å². The third-order valence-corrected chi connectivity index (χ3v) is 5.77. The number of para-hydroxylation sites is 1. The predicted molar refractivity (Wildman–Crippen MR) is 113 cm³/mol. The smallest absolute Gasteiger partial charge is 0.323 e. The van der Waals surface area contributed by atoms with Gasteiger partial charge in [0.15, 0.2) is 12.4 Å². The van der Waals surface area contributed by atoms with Gasteiger partial charge < -0.3 is 4.90 Å². The Morgan fingerprint density at radius 2 is 1.66 bits per heavy atom. The molecule has 0 unspecified atom stereocenters. The minimum atomic E-state index is -0.390. The molecule has 0 fully saturated rings. The zero-order valence-corrected chi connectivity index (χ0v) is 17.1. The highest BCUT2D eigenvalue weighted by Gasteiger charge is 2.38. The van der Waals surface area contributed by atoms with Gasteiger partial charge in [0.05, 0.1) is 0 Å². The first-order valence-corrected chi connectivity index (χ1v) is 9.61. The average Bonchev–Trinajstić information content (AvgIpc) is 2.89. The second-order valence-electron chi connectivity index (χ2n) is 7.87. The SMILES string of the molecule is CC1=C([n+]2ccccc2)C(=O)NC(=O)/C1=C/C=C1\N(C)c2ccccc2C1(C)C. The van der Waals surface area contributed by atoms with Crippen LogP contribution in [0.4, 0.5) is 5.69 Å². The van der Waals surface area contributed by atoms with Crippen LogP contribution in [-0.4, -0.2) is 18.9 Å². The Morgan fingerprint density at radius 1 is 0.966 bits per heavy atom. The normalized spacial score (nSPS) is 21.0. The number of carbonyl (C=O) groups excluding carboxylic acids is 2. The lowest BCUT2D eigenvalue weighted by Crippen LogP contribution is -2.47. The number of nitrogens with zero attached hydrogens (tertiary/aromatic N) is 2. The summed E-state index contributed by atoms with van der Waals surface area (Å²) in [5, 5.41) is 2.47. The maximum absolute atomic E-state index is 12.6. The second-order valence-corrected chi connectivity index (χ2v) is 7.87. The van der Waals surface area contributed by atoms with Crippen LogP contribution in [0.15, 0.2) is 83.9 Å². The Bertz CT molecular complexity index is 1110. The maximum atomic E-state index is 12.6. The summed E-state index contributed by atoms with van der Waals surface area (Å²) in [6.45, 7) is 6.17. The Labute approximate surface area is 170 Å². The summed E-state index contributed by atoms with van der Waals surface area (Å²) < 4.78 is 1.74. The number of imide groups is 1. The molecular formula is C24H24N3O2+. The lowest BCUT2D eigenvalue weighted by Gasteiger charge is -2.24. The summed E-state index contributed by atoms with van der Waals surface area (Å²) in [6.07, 6.45) is 7.41. The maximum Gasteiger partial charge on any atom is 0.323 e. The predicted octanol–water partition coefficient (Wildman–Crippen LogP) is 3.10. The lowest BCUT2D eigenvalue weighted by atomic mass is 9.83. The summed E-state index contributed by atoms with van der Waals surface area (Å²) >= 11 is 0. The minimum absolute atomic E-state index is 0.183. The molecule has 5 heteroatoms. The topological polar surface area (TPSA) is 53.3 Å². The summed E-state index contributed by atoms with van der Waals surface area (Å²) in [6, 6.07) is 13.9. The monoisotopic (exact) mass is 386 g/mol. The molecule has 0 radical (unpaired) electrons. The van der Waals surface area contributed by atoms with Crippen LogP contribution in [-0.2, 0) is 15.0 Å². The van der Waals surface area contributed by atoms with Crippen molar-refractivity contribution in [3.8, 4) is 0 Å². The van der Waals surface area contributed by atoms with E-state index < -0.39 is 0 Å². The average molecular weight is 386 g/mol. The number of hydrogen-bond donors (Lipinski definition) is 1. The molecule has 0 bridgehead atoms. The molecule has 0 aliphatic carbocycles. The molecule has 3 heterocycles. The van der Waals surface area contributed by atoms with Gasteiger partial charge >= 0.3 is 5.91 Å². The minimum Gasteiger partial charge on any atom is -0.347 e. The van der Waals surface area contributed by atoms with E-state index in [-0.39, 0.29) is 17.2 Å². The fourth-order valence-electron chi connectivity index (χ4n) is 4.22. The van der Waals surface area contributed by atoms with Crippen LogP contribution >= 0.6 is 0 Å². The number of aromatic nitrogens is 1. The lowest BCUT2D eigenvalue weighted by molar-refractivity contribution is -0.578. The van der Waals surface area contributed by atoms with E-state index in [1.54, 1.807) is 17.0 Å². The highest BCUT2D eigenvalue weighted by Crippen LogP contribution is 2.46. The molecule has 1 aromatic heterocycles. The Hall–Kier alpha value is -3.47. The van der Waals surface area contributed by atoms with Gasteiger partial charge in [-0.25, -0.2) is 0 Å². The van der Waals surface area contributed by atoms with Crippen molar-refractivity contribution in [2.24, 2.45) is 0 Å². The molecule has 1 aromatic carbocycles. The molecule has 0 saturated carbocycles. The number of allylic oxidation sites excluding steroid dienone is 3. The van der Waals surface area contributed by atoms with Crippen molar-refractivity contribution in [2.75, 3.05) is 11.9 Å². The number of anilines is 1. The van der Waals surface area contributed by atoms with Crippen LogP contribution in [0.2, 0.25) is 0 Å². The van der Waals surface area contributed by atoms with Gasteiger partial charge in [-0.1, -0.05) is 38.1 Å². The van der Waals surface area contributed by atoms with E-state index >= 15 is 0 Å². The number of rotatable bonds is 2. The molecule has 2 aromatic rings. The highest BCUT2D eigenvalue weighted by atomic mass is 16.2. The van der Waals surface area contributed by atoms with Crippen molar-refractivity contribution < 1.29 is 14.2 Å². The molecule has 1 N–H and O–H groups in total. The fraction of sp³-hybridized carbons (Fsp3) is 0.208. The number of hydrogen-bond acceptors (Lipinski definition) is 3. The van der Waals surface area contributed by atoms with Crippen molar-refractivity contribution in [2.45, 2.75) is 26.2 Å². The Kier molecular flexibility index (Phi) is 4.46. The van der Waals surface area contributed by atoms with Crippen molar-refractivity contribution in [3.63, 3.8) is 0 Å². The molecule has 0 spiro atoms. The first-order valence-electron chi connectivity index (χ1n) is 9.61. The number of pyridine rings is 1. The van der Waals surface area contributed by atoms with E-state index in [0.29, 0.717) is 16.8 Å². The zero-order chi connectivity index (χ0) is 20.8. The molecule has 29 heavy (non-hydrogen) atoms. The summed E-state index contributed by atoms with van der Waals surface area (Å²) in [5.74, 6) is -0.764. The Morgan fingerprint density at radius 3 is 2.34 bits per heavy atom. The molecule has 4 rings (SSSR count). The van der Waals surface area contributed by atoms with Gasteiger partial charge in [-0.3, -0.25) is 14.9 Å². The van der Waals surface area contributed by atoms with Crippen LogP contribution in [0.1, 0.15) is 26.3 Å². The molecule has 2 aliphatic rings. The number of fused-ring (bicyclic) bond motifs is 1. The summed E-state index contributed by atoms with van der Waals surface area (Å²) in [5.41, 5.74) is 4.93. The van der Waals surface area contributed by atoms with E-state index in [0.717, 1.165) is 5.70 Å². The van der Waals surface area contributed by atoms with E-state index in [9.17, 15) is 9.59 Å². The van der Waals surface area contributed by atoms with E-state index in [4.69, 9.17) is 0 Å². The number of benzene rings is 1. The zero-order valence-electron chi connectivity index (χ0n) is 17.1. The van der Waals surface area contributed by atoms with Crippen LogP contribution < -0.4 is 14.8 Å². The van der Waals surface area contributed by atoms with Gasteiger partial charge in [0.25, 0.3) is 11.6 Å². The summed E-state index contributed by atoms with van der Waals surface area (Å²) in [7, 11) is 2.04. The number of nitrogens with one attached hydrogen (secondary N) is 1. The van der Waals surface area contributed by atoms with Gasteiger partial charge in [0.2, 0.25) is 0 Å². The van der Waals surface area contributed by atoms with Crippen LogP contribution in [0.25, 0.3) is 5.70 Å². The van der Waals surface area contributed by atoms with Crippen LogP contribution in [0, 0.1) is 0 Å². The molecule has 5 nitrogen and oxygen atoms in total. The van der Waals surface area contributed by atoms with Crippen molar-refractivity contribution >= 4 is 23.2 Å². The quantitative estimate of drug-likeness (QED) is 0.490. The Balaban J connectivity index is 1.81. The summed E-state index contributed by atoms with van der Waals surface area (Å²) in [4.78, 5) is 27.2. The standard InChI is InChI=1S/C24H23N3O2/c1-16-17(22(28)25-23(29)21(16)27-14-8-5-9-15-27)12-13-20-24(2,3)18-10-6-7-11-19(18)26(20)4/h5-15H,1-4H3/p+1/b17-12+,20-13-. The third kappa shape index (κ3) is 2.99. The van der Waals surface area contributed by atoms with Crippen LogP contribution in [0.5, 0.6) is 0 Å². The van der Waals surface area contributed by atoms with Gasteiger partial charge in [0.1, 0.15) is 0 Å². The van der Waals surface area contributed by atoms with Crippen molar-refractivity contribution in [1.82, 2.24) is 5.32 Å². The molecule has 0 saturated heterocycles. The molecule has 146 valence electrons. The highest BCUT2D eigenvalue weighted by molar-refractivity contribution is 6.25. The van der Waals surface area contributed by atoms with Crippen molar-refractivity contribution in [1.29, 1.82) is 0 Å². The first kappa shape index (κ1) is 18.9. The van der Waals surface area contributed by atoms with Gasteiger partial charge in [-0.2, -0.15) is 4.57 Å². The number of amides is 2. The third-order valence-electron chi connectivity index (χ3n) is 5.77. The van der Waals surface area contributed by atoms with Gasteiger partial charge in [-0.15, -0.1) is 0 Å². The molecule has 0 atom stereocenters. The van der Waals surface area contributed by atoms with E-state index in [1.165, 1.54) is 11.3 Å². The van der Waals surface area contributed by atoms with Crippen molar-refractivity contribution in [3.05, 3.63) is 89.4 Å². The molecule has 2 amide bonds. The second kappa shape index (κ2) is 6.85. The number of likely N-dealkylation sites (N-methyl/N-ethyl adjacent to an activating group) is 1. The largest absolute Gasteiger partial charge is 0.347 e. The van der Waals surface area contributed by atoms with Gasteiger partial charge in [0, 0.05) is 47.1 Å². The van der Waals surface area contributed by atoms with Crippen LogP contribution in [0.3, 0.4) is 0 Å². The molecular weight excluding hydrogens is 362 g/mol. The fourth-order valence-corrected chi connectivity index (χ4v) is 4.22. The first-order chi connectivity index (χ1) is 13.8.